The molecule has 0 bridgehead atoms. The number of fused-ring (bicyclic) bond motifs is 1. The lowest BCUT2D eigenvalue weighted by Gasteiger charge is -2.08. The van der Waals surface area contributed by atoms with E-state index in [4.69, 9.17) is 5.26 Å². The maximum Gasteiger partial charge on any atom is 0.208 e. The summed E-state index contributed by atoms with van der Waals surface area (Å²) < 4.78 is 2.55. The highest BCUT2D eigenvalue weighted by atomic mass is 79.9. The average Bonchev–Trinajstić information content (AvgIpc) is 2.71. The molecule has 80 valence electrons. The molecule has 0 aliphatic heterocycles. The standard InChI is InChI=1S/C10H7BrN4O/c11-9-2-1-3-10-13-5-8(15(9)10)7(4-12)14-6-16/h1-3,5-7H,(H,14,16). The fourth-order valence-electron chi connectivity index (χ4n) is 1.48. The molecule has 2 aromatic rings. The molecule has 1 atom stereocenters. The minimum Gasteiger partial charge on any atom is -0.338 e. The van der Waals surface area contributed by atoms with E-state index in [0.29, 0.717) is 12.1 Å². The van der Waals surface area contributed by atoms with E-state index >= 15 is 0 Å². The van der Waals surface area contributed by atoms with Gasteiger partial charge in [0.15, 0.2) is 6.04 Å². The van der Waals surface area contributed by atoms with Crippen molar-refractivity contribution in [1.82, 2.24) is 14.7 Å². The molecule has 2 rings (SSSR count). The van der Waals surface area contributed by atoms with Crippen molar-refractivity contribution < 1.29 is 4.79 Å². The number of pyridine rings is 1. The first kappa shape index (κ1) is 10.6. The number of nitriles is 1. The molecule has 0 aliphatic rings. The van der Waals surface area contributed by atoms with Gasteiger partial charge in [-0.2, -0.15) is 5.26 Å². The summed E-state index contributed by atoms with van der Waals surface area (Å²) in [5.74, 6) is 0. The molecule has 16 heavy (non-hydrogen) atoms. The highest BCUT2D eigenvalue weighted by Gasteiger charge is 2.15. The van der Waals surface area contributed by atoms with E-state index in [-0.39, 0.29) is 0 Å². The molecule has 1 unspecified atom stereocenters. The Morgan fingerprint density at radius 3 is 3.12 bits per heavy atom. The molecule has 5 nitrogen and oxygen atoms in total. The summed E-state index contributed by atoms with van der Waals surface area (Å²) in [4.78, 5) is 14.5. The second-order valence-corrected chi connectivity index (χ2v) is 3.88. The zero-order valence-electron chi connectivity index (χ0n) is 8.09. The zero-order chi connectivity index (χ0) is 11.5. The number of hydrogen-bond donors (Lipinski definition) is 1. The van der Waals surface area contributed by atoms with Crippen LogP contribution >= 0.6 is 15.9 Å². The van der Waals surface area contributed by atoms with E-state index in [1.165, 1.54) is 0 Å². The second kappa shape index (κ2) is 4.33. The molecule has 2 aromatic heterocycles. The fraction of sp³-hybridized carbons (Fsp3) is 0.100. The van der Waals surface area contributed by atoms with Crippen molar-refractivity contribution in [3.05, 3.63) is 34.7 Å². The first-order valence-corrected chi connectivity index (χ1v) is 5.28. The van der Waals surface area contributed by atoms with E-state index in [1.807, 2.05) is 24.3 Å². The van der Waals surface area contributed by atoms with Gasteiger partial charge in [-0.1, -0.05) is 6.07 Å². The Bertz CT molecular complexity index is 572. The van der Waals surface area contributed by atoms with E-state index in [9.17, 15) is 4.79 Å². The number of carbonyl (C=O) groups excluding carboxylic acids is 1. The van der Waals surface area contributed by atoms with Crippen LogP contribution in [0.2, 0.25) is 0 Å². The number of carbonyl (C=O) groups is 1. The number of amides is 1. The van der Waals surface area contributed by atoms with E-state index in [1.54, 1.807) is 10.6 Å². The van der Waals surface area contributed by atoms with Crippen molar-refractivity contribution in [2.75, 3.05) is 0 Å². The SMILES string of the molecule is N#CC(NC=O)c1cnc2cccc(Br)n12. The van der Waals surface area contributed by atoms with Gasteiger partial charge < -0.3 is 5.32 Å². The van der Waals surface area contributed by atoms with Crippen LogP contribution in [0, 0.1) is 11.3 Å². The van der Waals surface area contributed by atoms with Crippen molar-refractivity contribution in [1.29, 1.82) is 5.26 Å². The predicted molar refractivity (Wildman–Crippen MR) is 60.4 cm³/mol. The molecule has 0 radical (unpaired) electrons. The lowest BCUT2D eigenvalue weighted by atomic mass is 10.2. The van der Waals surface area contributed by atoms with Crippen LogP contribution in [-0.2, 0) is 4.79 Å². The van der Waals surface area contributed by atoms with E-state index in [2.05, 4.69) is 26.2 Å². The number of nitrogens with zero attached hydrogens (tertiary/aromatic N) is 3. The third kappa shape index (κ3) is 1.66. The molecule has 1 N–H and O–H groups in total. The lowest BCUT2D eigenvalue weighted by Crippen LogP contribution is -2.19. The fourth-order valence-corrected chi connectivity index (χ4v) is 2.02. The highest BCUT2D eigenvalue weighted by Crippen LogP contribution is 2.20. The third-order valence-corrected chi connectivity index (χ3v) is 2.79. The molecule has 0 spiro atoms. The number of imidazole rings is 1. The van der Waals surface area contributed by atoms with Gasteiger partial charge in [0.1, 0.15) is 5.65 Å². The minimum absolute atomic E-state index is 0.504. The molecule has 0 saturated carbocycles. The molecular formula is C10H7BrN4O. The molecule has 6 heteroatoms. The number of aromatic nitrogens is 2. The van der Waals surface area contributed by atoms with Gasteiger partial charge >= 0.3 is 0 Å². The van der Waals surface area contributed by atoms with Gasteiger partial charge in [-0.15, -0.1) is 0 Å². The summed E-state index contributed by atoms with van der Waals surface area (Å²) in [5, 5.41) is 11.4. The normalized spacial score (nSPS) is 12.0. The maximum atomic E-state index is 10.4. The summed E-state index contributed by atoms with van der Waals surface area (Å²) in [6, 6.07) is 6.81. The van der Waals surface area contributed by atoms with Crippen LogP contribution in [0.3, 0.4) is 0 Å². The first-order chi connectivity index (χ1) is 7.77. The Morgan fingerprint density at radius 2 is 2.44 bits per heavy atom. The van der Waals surface area contributed by atoms with Gasteiger partial charge in [-0.25, -0.2) is 4.98 Å². The number of hydrogen-bond acceptors (Lipinski definition) is 3. The molecule has 0 fully saturated rings. The van der Waals surface area contributed by atoms with Gasteiger partial charge in [0.2, 0.25) is 6.41 Å². The van der Waals surface area contributed by atoms with Crippen molar-refractivity contribution in [2.45, 2.75) is 6.04 Å². The molecule has 0 saturated heterocycles. The first-order valence-electron chi connectivity index (χ1n) is 4.49. The van der Waals surface area contributed by atoms with Crippen molar-refractivity contribution in [2.24, 2.45) is 0 Å². The summed E-state index contributed by atoms with van der Waals surface area (Å²) in [6.45, 7) is 0. The van der Waals surface area contributed by atoms with E-state index < -0.39 is 6.04 Å². The molecule has 0 aromatic carbocycles. The van der Waals surface area contributed by atoms with Crippen LogP contribution in [0.15, 0.2) is 29.0 Å². The van der Waals surface area contributed by atoms with Gasteiger partial charge in [0.05, 0.1) is 22.6 Å². The molecule has 2 heterocycles. The third-order valence-electron chi connectivity index (χ3n) is 2.17. The maximum absolute atomic E-state index is 10.4. The van der Waals surface area contributed by atoms with Crippen LogP contribution in [0.4, 0.5) is 0 Å². The van der Waals surface area contributed by atoms with Gasteiger partial charge in [0, 0.05) is 0 Å². The minimum atomic E-state index is -0.703. The Hall–Kier alpha value is -1.87. The lowest BCUT2D eigenvalue weighted by molar-refractivity contribution is -0.109. The Morgan fingerprint density at radius 1 is 1.62 bits per heavy atom. The van der Waals surface area contributed by atoms with Crippen LogP contribution in [0.1, 0.15) is 11.7 Å². The predicted octanol–water partition coefficient (Wildman–Crippen LogP) is 1.41. The van der Waals surface area contributed by atoms with Crippen molar-refractivity contribution in [3.63, 3.8) is 0 Å². The highest BCUT2D eigenvalue weighted by molar-refractivity contribution is 9.10. The quantitative estimate of drug-likeness (QED) is 0.682. The Kier molecular flexibility index (Phi) is 2.88. The molecule has 0 aliphatic carbocycles. The van der Waals surface area contributed by atoms with Crippen molar-refractivity contribution in [3.8, 4) is 6.07 Å². The van der Waals surface area contributed by atoms with Crippen LogP contribution in [-0.4, -0.2) is 15.8 Å². The number of rotatable bonds is 3. The van der Waals surface area contributed by atoms with Crippen molar-refractivity contribution >= 4 is 28.0 Å². The Labute approximate surface area is 99.8 Å². The molecule has 1 amide bonds. The monoisotopic (exact) mass is 278 g/mol. The summed E-state index contributed by atoms with van der Waals surface area (Å²) in [6.07, 6.45) is 2.08. The Balaban J connectivity index is 2.61. The topological polar surface area (TPSA) is 70.2 Å². The van der Waals surface area contributed by atoms with Gasteiger partial charge in [-0.3, -0.25) is 9.20 Å². The van der Waals surface area contributed by atoms with Crippen LogP contribution in [0.25, 0.3) is 5.65 Å². The smallest absolute Gasteiger partial charge is 0.208 e. The van der Waals surface area contributed by atoms with E-state index in [0.717, 1.165) is 10.3 Å². The van der Waals surface area contributed by atoms with Crippen LogP contribution < -0.4 is 5.32 Å². The number of halogens is 1. The molecular weight excluding hydrogens is 272 g/mol. The zero-order valence-corrected chi connectivity index (χ0v) is 9.68. The van der Waals surface area contributed by atoms with Gasteiger partial charge in [0.25, 0.3) is 0 Å². The summed E-state index contributed by atoms with van der Waals surface area (Å²) >= 11 is 3.37. The summed E-state index contributed by atoms with van der Waals surface area (Å²) in [7, 11) is 0. The average molecular weight is 279 g/mol. The van der Waals surface area contributed by atoms with Crippen LogP contribution in [0.5, 0.6) is 0 Å². The second-order valence-electron chi connectivity index (χ2n) is 3.07. The summed E-state index contributed by atoms with van der Waals surface area (Å²) in [5.41, 5.74) is 1.34. The van der Waals surface area contributed by atoms with Gasteiger partial charge in [-0.05, 0) is 28.1 Å². The number of nitrogens with one attached hydrogen (secondary N) is 1. The largest absolute Gasteiger partial charge is 0.338 e.